The lowest BCUT2D eigenvalue weighted by Gasteiger charge is -2.36. The van der Waals surface area contributed by atoms with Crippen molar-refractivity contribution in [1.82, 2.24) is 0 Å². The van der Waals surface area contributed by atoms with Gasteiger partial charge in [0.15, 0.2) is 12.4 Å². The van der Waals surface area contributed by atoms with Crippen molar-refractivity contribution in [1.29, 1.82) is 0 Å². The lowest BCUT2D eigenvalue weighted by Crippen LogP contribution is -2.55. The van der Waals surface area contributed by atoms with Crippen LogP contribution in [0.1, 0.15) is 5.56 Å². The zero-order valence-corrected chi connectivity index (χ0v) is 13.0. The van der Waals surface area contributed by atoms with Crippen molar-refractivity contribution in [2.45, 2.75) is 42.5 Å². The summed E-state index contributed by atoms with van der Waals surface area (Å²) in [6, 6.07) is 6.28. The third-order valence-electron chi connectivity index (χ3n) is 3.85. The Hall–Kier alpha value is -1.03. The molecule has 0 unspecified atom stereocenters. The number of ether oxygens (including phenoxy) is 3. The molecule has 0 spiro atoms. The van der Waals surface area contributed by atoms with E-state index < -0.39 is 40.8 Å². The molecule has 1 N–H and O–H groups in total. The third kappa shape index (κ3) is 2.78. The van der Waals surface area contributed by atoms with Crippen LogP contribution in [0.3, 0.4) is 0 Å². The van der Waals surface area contributed by atoms with E-state index in [2.05, 4.69) is 0 Å². The Balaban J connectivity index is 1.85. The lowest BCUT2D eigenvalue weighted by atomic mass is 10.0. The number of rotatable bonds is 4. The molecule has 2 fully saturated rings. The Morgan fingerprint density at radius 3 is 2.59 bits per heavy atom. The van der Waals surface area contributed by atoms with Gasteiger partial charge in [0.2, 0.25) is 0 Å². The number of hydrogen-bond donors (Lipinski definition) is 1. The van der Waals surface area contributed by atoms with Crippen molar-refractivity contribution in [3.05, 3.63) is 29.8 Å². The summed E-state index contributed by atoms with van der Waals surface area (Å²) in [5.41, 5.74) is 0.937. The maximum absolute atomic E-state index is 12.4. The first kappa shape index (κ1) is 15.9. The van der Waals surface area contributed by atoms with Gasteiger partial charge in [-0.2, -0.15) is 8.42 Å². The molecule has 22 heavy (non-hydrogen) atoms. The van der Waals surface area contributed by atoms with Gasteiger partial charge in [-0.25, -0.2) is 0 Å². The highest BCUT2D eigenvalue weighted by molar-refractivity contribution is 7.86. The van der Waals surface area contributed by atoms with E-state index in [-0.39, 0.29) is 11.5 Å². The van der Waals surface area contributed by atoms with Crippen molar-refractivity contribution in [2.24, 2.45) is 0 Å². The topological polar surface area (TPSA) is 91.3 Å². The molecule has 2 heterocycles. The van der Waals surface area contributed by atoms with Crippen molar-refractivity contribution in [3.63, 3.8) is 0 Å². The van der Waals surface area contributed by atoms with Crippen LogP contribution in [0.25, 0.3) is 0 Å². The van der Waals surface area contributed by atoms with E-state index in [1.54, 1.807) is 12.1 Å². The maximum atomic E-state index is 12.4. The van der Waals surface area contributed by atoms with Gasteiger partial charge in [-0.15, -0.1) is 0 Å². The van der Waals surface area contributed by atoms with Crippen LogP contribution in [0, 0.1) is 6.92 Å². The van der Waals surface area contributed by atoms with Crippen LogP contribution in [0.4, 0.5) is 0 Å². The summed E-state index contributed by atoms with van der Waals surface area (Å²) in [4.78, 5) is 0.0302. The molecule has 0 radical (unpaired) electrons. The minimum atomic E-state index is -4.02. The minimum absolute atomic E-state index is 0.0302. The smallest absolute Gasteiger partial charge is 0.297 e. The van der Waals surface area contributed by atoms with E-state index in [4.69, 9.17) is 18.4 Å². The highest BCUT2D eigenvalue weighted by atomic mass is 32.2. The van der Waals surface area contributed by atoms with Crippen molar-refractivity contribution in [2.75, 3.05) is 13.7 Å². The largest absolute Gasteiger partial charge is 0.387 e. The highest BCUT2D eigenvalue weighted by Crippen LogP contribution is 2.33. The number of aliphatic hydroxyl groups is 1. The maximum Gasteiger partial charge on any atom is 0.297 e. The van der Waals surface area contributed by atoms with Gasteiger partial charge in [-0.1, -0.05) is 17.7 Å². The van der Waals surface area contributed by atoms with Crippen molar-refractivity contribution < 1.29 is 31.9 Å². The number of methoxy groups -OCH3 is 1. The van der Waals surface area contributed by atoms with Crippen LogP contribution in [0.15, 0.2) is 29.2 Å². The molecule has 0 aromatic heterocycles. The van der Waals surface area contributed by atoms with Gasteiger partial charge in [0.1, 0.15) is 18.3 Å². The summed E-state index contributed by atoms with van der Waals surface area (Å²) in [5.74, 6) is 0. The number of aliphatic hydroxyl groups excluding tert-OH is 1. The van der Waals surface area contributed by atoms with Gasteiger partial charge in [-0.3, -0.25) is 4.18 Å². The Bertz CT molecular complexity index is 627. The monoisotopic (exact) mass is 330 g/mol. The van der Waals surface area contributed by atoms with E-state index in [0.717, 1.165) is 5.56 Å². The molecule has 1 aromatic carbocycles. The van der Waals surface area contributed by atoms with E-state index in [9.17, 15) is 13.5 Å². The normalized spacial score (nSPS) is 34.8. The number of aryl methyl sites for hydroxylation is 1. The third-order valence-corrected chi connectivity index (χ3v) is 5.18. The lowest BCUT2D eigenvalue weighted by molar-refractivity contribution is -0.245. The zero-order valence-electron chi connectivity index (χ0n) is 12.2. The Morgan fingerprint density at radius 1 is 1.27 bits per heavy atom. The zero-order chi connectivity index (χ0) is 15.9. The second kappa shape index (κ2) is 5.88. The molecule has 122 valence electrons. The van der Waals surface area contributed by atoms with Gasteiger partial charge in [0.25, 0.3) is 10.1 Å². The molecule has 0 aliphatic carbocycles. The van der Waals surface area contributed by atoms with Crippen LogP contribution in [0.2, 0.25) is 0 Å². The quantitative estimate of drug-likeness (QED) is 0.789. The van der Waals surface area contributed by atoms with Crippen LogP contribution in [-0.4, -0.2) is 57.9 Å². The number of hydrogen-bond acceptors (Lipinski definition) is 7. The molecule has 0 saturated carbocycles. The van der Waals surface area contributed by atoms with Gasteiger partial charge >= 0.3 is 0 Å². The summed E-state index contributed by atoms with van der Waals surface area (Å²) in [6.07, 6.45) is -4.25. The van der Waals surface area contributed by atoms with E-state index in [1.807, 2.05) is 6.92 Å². The first-order valence-corrected chi connectivity index (χ1v) is 8.31. The van der Waals surface area contributed by atoms with E-state index in [1.165, 1.54) is 19.2 Å². The first-order valence-electron chi connectivity index (χ1n) is 6.90. The molecule has 8 heteroatoms. The Kier molecular flexibility index (Phi) is 4.23. The fourth-order valence-corrected chi connectivity index (χ4v) is 3.70. The molecule has 2 saturated heterocycles. The number of benzene rings is 1. The fourth-order valence-electron chi connectivity index (χ4n) is 2.62. The standard InChI is InChI=1S/C14H18O7S/c1-8-3-5-9(6-4-8)22(16,17)21-13-12-11(15)10(7-19-12)20-14(13)18-2/h3-6,10-15H,7H2,1-2H3/t10-,11-,12+,13+,14+/m1/s1. The fraction of sp³-hybridized carbons (Fsp3) is 0.571. The molecule has 2 aliphatic heterocycles. The Labute approximate surface area is 128 Å². The van der Waals surface area contributed by atoms with Gasteiger partial charge in [0, 0.05) is 7.11 Å². The molecule has 2 aliphatic rings. The predicted octanol–water partition coefficient (Wildman–Crippen LogP) is 0.200. The second-order valence-electron chi connectivity index (χ2n) is 5.40. The first-order chi connectivity index (χ1) is 10.4. The van der Waals surface area contributed by atoms with Crippen molar-refractivity contribution >= 4 is 10.1 Å². The van der Waals surface area contributed by atoms with E-state index >= 15 is 0 Å². The summed E-state index contributed by atoms with van der Waals surface area (Å²) in [5, 5.41) is 10.0. The van der Waals surface area contributed by atoms with Crippen LogP contribution in [-0.2, 0) is 28.5 Å². The van der Waals surface area contributed by atoms with Crippen LogP contribution >= 0.6 is 0 Å². The highest BCUT2D eigenvalue weighted by Gasteiger charge is 2.53. The second-order valence-corrected chi connectivity index (χ2v) is 6.97. The van der Waals surface area contributed by atoms with E-state index in [0.29, 0.717) is 0 Å². The summed E-state index contributed by atoms with van der Waals surface area (Å²) in [7, 11) is -2.63. The average molecular weight is 330 g/mol. The predicted molar refractivity (Wildman–Crippen MR) is 74.7 cm³/mol. The minimum Gasteiger partial charge on any atom is -0.387 e. The molecule has 3 rings (SSSR count). The molecule has 2 bridgehead atoms. The van der Waals surface area contributed by atoms with Crippen LogP contribution in [0.5, 0.6) is 0 Å². The SMILES string of the molecule is CO[C@H]1O[C@@H]2CO[C@@H]([C@@H]2O)[C@@H]1OS(=O)(=O)c1ccc(C)cc1. The Morgan fingerprint density at radius 2 is 1.95 bits per heavy atom. The molecular formula is C14H18O7S. The molecule has 5 atom stereocenters. The van der Waals surface area contributed by atoms with Gasteiger partial charge in [0.05, 0.1) is 11.5 Å². The van der Waals surface area contributed by atoms with Gasteiger partial charge < -0.3 is 19.3 Å². The molecule has 0 amide bonds. The summed E-state index contributed by atoms with van der Waals surface area (Å²) >= 11 is 0. The van der Waals surface area contributed by atoms with Crippen molar-refractivity contribution in [3.8, 4) is 0 Å². The molecular weight excluding hydrogens is 312 g/mol. The van der Waals surface area contributed by atoms with Gasteiger partial charge in [-0.05, 0) is 19.1 Å². The number of fused-ring (bicyclic) bond motifs is 2. The molecule has 7 nitrogen and oxygen atoms in total. The summed E-state index contributed by atoms with van der Waals surface area (Å²) < 4.78 is 46.0. The molecule has 1 aromatic rings. The van der Waals surface area contributed by atoms with Crippen LogP contribution < -0.4 is 0 Å². The summed E-state index contributed by atoms with van der Waals surface area (Å²) in [6.45, 7) is 2.03. The average Bonchev–Trinajstić information content (AvgIpc) is 2.73.